The molecule has 0 spiro atoms. The van der Waals surface area contributed by atoms with Gasteiger partial charge in [-0.25, -0.2) is 14.4 Å². The molecule has 3 aliphatic rings. The van der Waals surface area contributed by atoms with E-state index < -0.39 is 128 Å². The highest BCUT2D eigenvalue weighted by atomic mass is 28.4. The summed E-state index contributed by atoms with van der Waals surface area (Å²) in [5.41, 5.74) is 1.68. The Morgan fingerprint density at radius 3 is 2.03 bits per heavy atom. The van der Waals surface area contributed by atoms with Gasteiger partial charge in [-0.3, -0.25) is 4.79 Å². The molecule has 394 valence electrons. The normalized spacial score (nSPS) is 29.9. The summed E-state index contributed by atoms with van der Waals surface area (Å²) in [6.07, 6.45) is -9.62. The highest BCUT2D eigenvalue weighted by Gasteiger charge is 2.56. The maximum atomic E-state index is 13.9. The highest BCUT2D eigenvalue weighted by Crippen LogP contribution is 2.39. The van der Waals surface area contributed by atoms with Gasteiger partial charge in [0.25, 0.3) is 0 Å². The summed E-state index contributed by atoms with van der Waals surface area (Å²) in [6.45, 7) is 27.5. The van der Waals surface area contributed by atoms with Crippen molar-refractivity contribution in [1.29, 1.82) is 0 Å². The van der Waals surface area contributed by atoms with Crippen LogP contribution in [0.25, 0.3) is 0 Å². The van der Waals surface area contributed by atoms with Crippen molar-refractivity contribution < 1.29 is 72.5 Å². The van der Waals surface area contributed by atoms with Gasteiger partial charge in [0.2, 0.25) is 5.91 Å². The van der Waals surface area contributed by atoms with Crippen molar-refractivity contribution in [3.05, 3.63) is 11.8 Å². The predicted octanol–water partition coefficient (Wildman–Crippen LogP) is 2.72. The van der Waals surface area contributed by atoms with Crippen LogP contribution in [0.1, 0.15) is 109 Å². The zero-order valence-electron chi connectivity index (χ0n) is 43.4. The Labute approximate surface area is 404 Å². The lowest BCUT2D eigenvalue weighted by Crippen LogP contribution is -2.71. The van der Waals surface area contributed by atoms with Crippen molar-refractivity contribution >= 4 is 32.5 Å². The molecule has 0 aromatic heterocycles. The van der Waals surface area contributed by atoms with E-state index in [0.29, 0.717) is 25.3 Å². The number of hydrogen-bond acceptors (Lipinski definition) is 17. The Morgan fingerprint density at radius 1 is 0.882 bits per heavy atom. The maximum Gasteiger partial charge on any atom is 0.410 e. The van der Waals surface area contributed by atoms with E-state index in [9.17, 15) is 39.6 Å². The minimum Gasteiger partial charge on any atom is -0.492 e. The van der Waals surface area contributed by atoms with E-state index in [1.807, 2.05) is 6.08 Å². The summed E-state index contributed by atoms with van der Waals surface area (Å²) in [5, 5.41) is 59.0. The lowest BCUT2D eigenvalue weighted by molar-refractivity contribution is -0.305. The van der Waals surface area contributed by atoms with Crippen LogP contribution in [0.2, 0.25) is 18.1 Å². The van der Waals surface area contributed by atoms with Gasteiger partial charge in [-0.1, -0.05) is 20.8 Å². The first-order valence-corrected chi connectivity index (χ1v) is 26.6. The monoisotopic (exact) mass is 991 g/mol. The number of carbonyl (C=O) groups excluding carboxylic acids is 4. The van der Waals surface area contributed by atoms with Gasteiger partial charge in [0, 0.05) is 44.7 Å². The fraction of sp³-hybridized carbons (Fsp3) is 0.870. The number of hydrogen-bond donors (Lipinski definition) is 9. The largest absolute Gasteiger partial charge is 0.492 e. The van der Waals surface area contributed by atoms with E-state index in [-0.39, 0.29) is 31.0 Å². The number of carbonyl (C=O) groups is 4. The molecular formula is C46H86N6O15Si. The molecule has 1 saturated carbocycles. The van der Waals surface area contributed by atoms with Crippen molar-refractivity contribution in [2.45, 2.75) is 211 Å². The van der Waals surface area contributed by atoms with Gasteiger partial charge in [0.1, 0.15) is 52.6 Å². The number of likely N-dealkylation sites (N-methyl/N-ethyl adjacent to an activating group) is 1. The lowest BCUT2D eigenvalue weighted by atomic mass is 9.72. The van der Waals surface area contributed by atoms with Gasteiger partial charge >= 0.3 is 18.3 Å². The Morgan fingerprint density at radius 2 is 1.47 bits per heavy atom. The van der Waals surface area contributed by atoms with Crippen molar-refractivity contribution in [3.63, 3.8) is 0 Å². The maximum absolute atomic E-state index is 13.9. The number of nitrogens with zero attached hydrogens (tertiary/aromatic N) is 1. The fourth-order valence-electron chi connectivity index (χ4n) is 8.11. The van der Waals surface area contributed by atoms with Crippen LogP contribution in [0.4, 0.5) is 14.4 Å². The number of aliphatic hydroxyl groups is 4. The summed E-state index contributed by atoms with van der Waals surface area (Å²) in [4.78, 5) is 54.2. The summed E-state index contributed by atoms with van der Waals surface area (Å²) in [6, 6.07) is -4.07. The molecule has 1 unspecified atom stereocenters. The van der Waals surface area contributed by atoms with E-state index in [1.165, 1.54) is 14.0 Å². The number of amides is 4. The first-order valence-electron chi connectivity index (χ1n) is 23.7. The smallest absolute Gasteiger partial charge is 0.410 e. The van der Waals surface area contributed by atoms with E-state index >= 15 is 0 Å². The number of alkyl carbamates (subject to hydrolysis) is 2. The third-order valence-electron chi connectivity index (χ3n) is 12.3. The first kappa shape index (κ1) is 59.0. The summed E-state index contributed by atoms with van der Waals surface area (Å²) < 4.78 is 41.9. The van der Waals surface area contributed by atoms with Crippen molar-refractivity contribution in [2.75, 3.05) is 39.9 Å². The molecule has 22 heteroatoms. The minimum absolute atomic E-state index is 0.0263. The molecule has 4 amide bonds. The van der Waals surface area contributed by atoms with Crippen LogP contribution in [0.5, 0.6) is 0 Å². The summed E-state index contributed by atoms with van der Waals surface area (Å²) >= 11 is 0. The van der Waals surface area contributed by atoms with Crippen LogP contribution >= 0.6 is 0 Å². The molecule has 21 nitrogen and oxygen atoms in total. The second-order valence-corrected chi connectivity index (χ2v) is 27.7. The molecule has 0 bridgehead atoms. The quantitative estimate of drug-likeness (QED) is 0.0610. The molecule has 10 N–H and O–H groups in total. The molecule has 0 aromatic rings. The molecule has 0 aromatic carbocycles. The van der Waals surface area contributed by atoms with Gasteiger partial charge in [0.05, 0.1) is 31.3 Å². The van der Waals surface area contributed by atoms with Crippen molar-refractivity contribution in [3.8, 4) is 0 Å². The molecular weight excluding hydrogens is 905 g/mol. The van der Waals surface area contributed by atoms with Gasteiger partial charge in [-0.15, -0.1) is 0 Å². The third-order valence-corrected chi connectivity index (χ3v) is 16.9. The first-order chi connectivity index (χ1) is 31.0. The highest BCUT2D eigenvalue weighted by molar-refractivity contribution is 6.74. The van der Waals surface area contributed by atoms with Crippen LogP contribution in [-0.4, -0.2) is 181 Å². The minimum atomic E-state index is -2.11. The molecule has 1 aliphatic carbocycles. The van der Waals surface area contributed by atoms with E-state index in [0.717, 1.165) is 4.90 Å². The SMILES string of the molecule is CN(C(=O)OC(C)(C)C)[C@@H]1[C@@H](O)[C@@H](O[C@H]2[C@H](NC(=O)[C@@H](O)CCNC(=O)OC(C)(C)C)C[C@H](NC(=O)OC(C)(C)C)C([C@H]3OC(CN)=CC[C@H]3NCCO[Si](C)(C)C(C)(C)C)[C@@H]2O)OC[C@]1(C)O. The molecule has 12 atom stereocenters. The van der Waals surface area contributed by atoms with E-state index in [2.05, 4.69) is 55.1 Å². The summed E-state index contributed by atoms with van der Waals surface area (Å²) in [5.74, 6) is -1.51. The van der Waals surface area contributed by atoms with Gasteiger partial charge in [0.15, 0.2) is 14.6 Å². The predicted molar refractivity (Wildman–Crippen MR) is 255 cm³/mol. The van der Waals surface area contributed by atoms with E-state index in [1.54, 1.807) is 62.3 Å². The van der Waals surface area contributed by atoms with Crippen LogP contribution in [0, 0.1) is 5.92 Å². The molecule has 2 heterocycles. The van der Waals surface area contributed by atoms with Crippen LogP contribution in [-0.2, 0) is 37.6 Å². The number of rotatable bonds is 16. The average molecular weight is 991 g/mol. The molecule has 2 aliphatic heterocycles. The van der Waals surface area contributed by atoms with Crippen molar-refractivity contribution in [2.24, 2.45) is 11.7 Å². The van der Waals surface area contributed by atoms with Crippen LogP contribution < -0.4 is 27.0 Å². The number of nitrogens with one attached hydrogen (secondary N) is 4. The lowest BCUT2D eigenvalue weighted by Gasteiger charge is -2.52. The number of aliphatic hydroxyl groups excluding tert-OH is 3. The molecule has 0 radical (unpaired) electrons. The fourth-order valence-corrected chi connectivity index (χ4v) is 9.16. The van der Waals surface area contributed by atoms with Gasteiger partial charge in [-0.05, 0) is 113 Å². The van der Waals surface area contributed by atoms with Crippen LogP contribution in [0.15, 0.2) is 11.8 Å². The zero-order chi connectivity index (χ0) is 52.0. The number of nitrogens with two attached hydrogens (primary N) is 1. The molecule has 3 rings (SSSR count). The van der Waals surface area contributed by atoms with Gasteiger partial charge < -0.3 is 85.2 Å². The van der Waals surface area contributed by atoms with Crippen LogP contribution in [0.3, 0.4) is 0 Å². The summed E-state index contributed by atoms with van der Waals surface area (Å²) in [7, 11) is -0.760. The zero-order valence-corrected chi connectivity index (χ0v) is 44.4. The Kier molecular flexibility index (Phi) is 20.2. The number of ether oxygens (including phenoxy) is 6. The second kappa shape index (κ2) is 23.3. The Bertz CT molecular complexity index is 1730. The molecule has 1 saturated heterocycles. The average Bonchev–Trinajstić information content (AvgIpc) is 3.16. The molecule has 68 heavy (non-hydrogen) atoms. The topological polar surface area (TPSA) is 291 Å². The van der Waals surface area contributed by atoms with E-state index in [4.69, 9.17) is 38.6 Å². The van der Waals surface area contributed by atoms with Crippen molar-refractivity contribution in [1.82, 2.24) is 26.2 Å². The van der Waals surface area contributed by atoms with Gasteiger partial charge in [-0.2, -0.15) is 0 Å². The Hall–Kier alpha value is -3.32. The second-order valence-electron chi connectivity index (χ2n) is 22.9. The standard InChI is InChI=1S/C46H86N6O15Si/c1-42(2,3)65-39(57)49-20-19-30(53)37(56)50-29-23-28(51-40(58)66-43(4,5)6)31(34-27(18-17-26(24-47)63-34)48-21-22-62-68(15,16)45(10,11)12)32(54)35(29)64-38-33(55)36(46(13,60)25-61-38)52(14)41(59)67-44(7,8)9/h17,27-36,38,48,53-55,60H,18-25,47H2,1-16H3,(H,49,57)(H,50,56)(H,51,58)/t27-,28+,29-,30+,31?,32+,33-,34+,35+,36-,38-,46+/m1/s1. The third kappa shape index (κ3) is 17.2. The Balaban J connectivity index is 2.10. The molecule has 2 fully saturated rings.